The first-order chi connectivity index (χ1) is 17.9. The quantitative estimate of drug-likeness (QED) is 0.253. The van der Waals surface area contributed by atoms with E-state index in [0.717, 1.165) is 50.5 Å². The zero-order chi connectivity index (χ0) is 26.6. The lowest BCUT2D eigenvalue weighted by atomic mass is 9.90. The Morgan fingerprint density at radius 3 is 2.51 bits per heavy atom. The van der Waals surface area contributed by atoms with E-state index < -0.39 is 6.10 Å². The van der Waals surface area contributed by atoms with Crippen LogP contribution in [0.5, 0.6) is 11.5 Å². The van der Waals surface area contributed by atoms with Gasteiger partial charge in [-0.15, -0.1) is 0 Å². The molecule has 0 fully saturated rings. The van der Waals surface area contributed by atoms with Gasteiger partial charge in [0.25, 0.3) is 0 Å². The molecular formula is C31H45NO5. The second kappa shape index (κ2) is 15.0. The molecule has 0 saturated heterocycles. The maximum atomic E-state index is 12.3. The zero-order valence-corrected chi connectivity index (χ0v) is 22.8. The number of hydrogen-bond acceptors (Lipinski definition) is 6. The number of Topliss-reactive ketones (excluding diaryl/α,β-unsaturated/α-hetero) is 1. The second-order valence-corrected chi connectivity index (χ2v) is 10.4. The summed E-state index contributed by atoms with van der Waals surface area (Å²) in [6.07, 6.45) is 9.70. The number of fused-ring (bicyclic) bond motifs is 1. The van der Waals surface area contributed by atoms with Gasteiger partial charge in [-0.3, -0.25) is 4.79 Å². The summed E-state index contributed by atoms with van der Waals surface area (Å²) < 4.78 is 10.6. The maximum Gasteiger partial charge on any atom is 0.160 e. The third-order valence-corrected chi connectivity index (χ3v) is 7.49. The molecule has 1 heterocycles. The Kier molecular flexibility index (Phi) is 11.7. The summed E-state index contributed by atoms with van der Waals surface area (Å²) in [6.45, 7) is 1.85. The SMILES string of the molecule is COc1ccc(CCC(=O)C[C@@H](O)CCCCCCCc2cccc3c2CC[C@H]([C@H](C)O)N3)cc1OC. The van der Waals surface area contributed by atoms with E-state index in [0.29, 0.717) is 30.8 Å². The third-order valence-electron chi connectivity index (χ3n) is 7.49. The fourth-order valence-electron chi connectivity index (χ4n) is 5.25. The predicted molar refractivity (Wildman–Crippen MR) is 149 cm³/mol. The number of aliphatic hydroxyl groups is 2. The van der Waals surface area contributed by atoms with E-state index in [4.69, 9.17) is 9.47 Å². The van der Waals surface area contributed by atoms with Crippen molar-refractivity contribution < 1.29 is 24.5 Å². The molecule has 0 aliphatic carbocycles. The highest BCUT2D eigenvalue weighted by Crippen LogP contribution is 2.30. The van der Waals surface area contributed by atoms with Crippen LogP contribution in [0.15, 0.2) is 36.4 Å². The highest BCUT2D eigenvalue weighted by atomic mass is 16.5. The molecule has 6 nitrogen and oxygen atoms in total. The number of aliphatic hydroxyl groups excluding tert-OH is 2. The number of benzene rings is 2. The lowest BCUT2D eigenvalue weighted by Gasteiger charge is -2.30. The average molecular weight is 512 g/mol. The van der Waals surface area contributed by atoms with Gasteiger partial charge < -0.3 is 25.0 Å². The van der Waals surface area contributed by atoms with Gasteiger partial charge in [0, 0.05) is 18.5 Å². The van der Waals surface area contributed by atoms with Gasteiger partial charge >= 0.3 is 0 Å². The molecule has 0 saturated carbocycles. The Balaban J connectivity index is 1.27. The van der Waals surface area contributed by atoms with Crippen molar-refractivity contribution in [1.29, 1.82) is 0 Å². The Labute approximate surface area is 222 Å². The number of carbonyl (C=O) groups excluding carboxylic acids is 1. The number of methoxy groups -OCH3 is 2. The van der Waals surface area contributed by atoms with Crippen molar-refractivity contribution in [1.82, 2.24) is 0 Å². The van der Waals surface area contributed by atoms with Gasteiger partial charge in [-0.05, 0) is 80.3 Å². The van der Waals surface area contributed by atoms with Crippen molar-refractivity contribution in [3.05, 3.63) is 53.1 Å². The van der Waals surface area contributed by atoms with Crippen LogP contribution < -0.4 is 14.8 Å². The second-order valence-electron chi connectivity index (χ2n) is 10.4. The highest BCUT2D eigenvalue weighted by molar-refractivity contribution is 5.79. The summed E-state index contributed by atoms with van der Waals surface area (Å²) >= 11 is 0. The van der Waals surface area contributed by atoms with Crippen LogP contribution in [0.2, 0.25) is 0 Å². The lowest BCUT2D eigenvalue weighted by Crippen LogP contribution is -2.35. The Morgan fingerprint density at radius 1 is 1.00 bits per heavy atom. The van der Waals surface area contributed by atoms with E-state index in [-0.39, 0.29) is 24.3 Å². The minimum Gasteiger partial charge on any atom is -0.493 e. The number of anilines is 1. The molecule has 0 amide bonds. The first kappa shape index (κ1) is 29.0. The van der Waals surface area contributed by atoms with Crippen LogP contribution in [-0.4, -0.2) is 48.5 Å². The molecule has 2 aromatic rings. The molecular weight excluding hydrogens is 466 g/mol. The van der Waals surface area contributed by atoms with E-state index in [1.54, 1.807) is 14.2 Å². The van der Waals surface area contributed by atoms with E-state index in [1.807, 2.05) is 25.1 Å². The average Bonchev–Trinajstić information content (AvgIpc) is 2.90. The lowest BCUT2D eigenvalue weighted by molar-refractivity contribution is -0.121. The van der Waals surface area contributed by atoms with Crippen molar-refractivity contribution in [2.75, 3.05) is 19.5 Å². The van der Waals surface area contributed by atoms with E-state index >= 15 is 0 Å². The van der Waals surface area contributed by atoms with Gasteiger partial charge in [0.2, 0.25) is 0 Å². The van der Waals surface area contributed by atoms with Crippen molar-refractivity contribution >= 4 is 11.5 Å². The first-order valence-corrected chi connectivity index (χ1v) is 13.9. The summed E-state index contributed by atoms with van der Waals surface area (Å²) in [5.74, 6) is 1.44. The normalized spacial score (nSPS) is 16.4. The number of carbonyl (C=O) groups is 1. The zero-order valence-electron chi connectivity index (χ0n) is 22.8. The van der Waals surface area contributed by atoms with Gasteiger partial charge in [-0.2, -0.15) is 0 Å². The van der Waals surface area contributed by atoms with Crippen molar-refractivity contribution in [2.45, 2.75) is 102 Å². The molecule has 0 radical (unpaired) electrons. The Morgan fingerprint density at radius 2 is 1.76 bits per heavy atom. The summed E-state index contributed by atoms with van der Waals surface area (Å²) in [4.78, 5) is 12.3. The van der Waals surface area contributed by atoms with Gasteiger partial charge in [0.05, 0.1) is 32.5 Å². The minimum atomic E-state index is -0.549. The van der Waals surface area contributed by atoms with E-state index in [9.17, 15) is 15.0 Å². The fourth-order valence-corrected chi connectivity index (χ4v) is 5.25. The minimum absolute atomic E-state index is 0.0998. The first-order valence-electron chi connectivity index (χ1n) is 13.9. The number of aryl methyl sites for hydroxylation is 2. The largest absolute Gasteiger partial charge is 0.493 e. The van der Waals surface area contributed by atoms with Crippen LogP contribution in [-0.2, 0) is 24.1 Å². The molecule has 0 bridgehead atoms. The van der Waals surface area contributed by atoms with Gasteiger partial charge in [-0.1, -0.05) is 43.9 Å². The van der Waals surface area contributed by atoms with Crippen LogP contribution in [0.4, 0.5) is 5.69 Å². The molecule has 3 atom stereocenters. The molecule has 3 rings (SSSR count). The number of nitrogens with one attached hydrogen (secondary N) is 1. The van der Waals surface area contributed by atoms with Crippen molar-refractivity contribution in [3.8, 4) is 11.5 Å². The molecule has 1 aliphatic heterocycles. The molecule has 1 aliphatic rings. The fraction of sp³-hybridized carbons (Fsp3) is 0.581. The topological polar surface area (TPSA) is 88.0 Å². The molecule has 0 spiro atoms. The smallest absolute Gasteiger partial charge is 0.160 e. The number of ether oxygens (including phenoxy) is 2. The van der Waals surface area contributed by atoms with Crippen LogP contribution in [0.1, 0.15) is 81.4 Å². The van der Waals surface area contributed by atoms with Gasteiger partial charge in [0.15, 0.2) is 11.5 Å². The summed E-state index contributed by atoms with van der Waals surface area (Å²) in [6, 6.07) is 12.3. The molecule has 3 N–H and O–H groups in total. The van der Waals surface area contributed by atoms with Crippen LogP contribution in [0, 0.1) is 0 Å². The van der Waals surface area contributed by atoms with Gasteiger partial charge in [0.1, 0.15) is 5.78 Å². The predicted octanol–water partition coefficient (Wildman–Crippen LogP) is 5.65. The summed E-state index contributed by atoms with van der Waals surface area (Å²) in [7, 11) is 3.21. The third kappa shape index (κ3) is 9.04. The van der Waals surface area contributed by atoms with Crippen LogP contribution in [0.3, 0.4) is 0 Å². The van der Waals surface area contributed by atoms with Crippen LogP contribution >= 0.6 is 0 Å². The monoisotopic (exact) mass is 511 g/mol. The number of unbranched alkanes of at least 4 members (excludes halogenated alkanes) is 4. The summed E-state index contributed by atoms with van der Waals surface area (Å²) in [5.41, 5.74) is 5.05. The molecule has 2 aromatic carbocycles. The number of ketones is 1. The molecule has 6 heteroatoms. The molecule has 37 heavy (non-hydrogen) atoms. The van der Waals surface area contributed by atoms with E-state index in [1.165, 1.54) is 23.2 Å². The number of hydrogen-bond donors (Lipinski definition) is 3. The Hall–Kier alpha value is -2.57. The molecule has 204 valence electrons. The van der Waals surface area contributed by atoms with Gasteiger partial charge in [-0.25, -0.2) is 0 Å². The molecule has 0 unspecified atom stereocenters. The maximum absolute atomic E-state index is 12.3. The van der Waals surface area contributed by atoms with Crippen molar-refractivity contribution in [2.24, 2.45) is 0 Å². The van der Waals surface area contributed by atoms with Crippen molar-refractivity contribution in [3.63, 3.8) is 0 Å². The van der Waals surface area contributed by atoms with Crippen LogP contribution in [0.25, 0.3) is 0 Å². The summed E-state index contributed by atoms with van der Waals surface area (Å²) in [5, 5.41) is 23.7. The standard InChI is InChI=1S/C31H45NO5/c1-22(33)28-18-17-27-24(11-9-13-29(27)32-28)10-7-5-4-6-8-12-25(34)21-26(35)16-14-23-15-19-30(36-2)31(20-23)37-3/h9,11,13,15,19-20,22,25,28,32-34H,4-8,10,12,14,16-18,21H2,1-3H3/t22-,25-,28+/m0/s1. The number of rotatable bonds is 16. The Bertz CT molecular complexity index is 990. The van der Waals surface area contributed by atoms with E-state index in [2.05, 4.69) is 23.5 Å². The molecule has 0 aromatic heterocycles. The highest BCUT2D eigenvalue weighted by Gasteiger charge is 2.22.